The lowest BCUT2D eigenvalue weighted by atomic mass is 10.2. The van der Waals surface area contributed by atoms with Crippen molar-refractivity contribution in [2.24, 2.45) is 0 Å². The van der Waals surface area contributed by atoms with Crippen LogP contribution in [0.2, 0.25) is 0 Å². The Balaban J connectivity index is 0.000000993. The van der Waals surface area contributed by atoms with Crippen molar-refractivity contribution in [3.8, 4) is 0 Å². The highest BCUT2D eigenvalue weighted by molar-refractivity contribution is 9.09. The van der Waals surface area contributed by atoms with Crippen LogP contribution in [0.15, 0.2) is 36.4 Å². The largest absolute Gasteiger partial charge is 0.378 e. The standard InChI is InChI=1S/C17H26N6O6S.C10H11BrN4O5.C7H16N2OS/c1-18-14(17(25)19-2)6-9-30(3)11-16(24)21-8-7-20-13-5-4-12(22(26)27)10-15(13)23(28)29;11-6-10(16)13-4-3-12-8-2-1-7(14(17)18)5-9(8)15(19)20;1-8-6(4-5-11-3)7(10)9-2/h4-5,10,14,18,20H,6-9,11H2,1-3H3,(H-,19,21,24,25);1-2,5,12H,3-4,6H2,(H,13,16);6,8H,4-5H2,1-3H3,(H,9,10)/p+1. The van der Waals surface area contributed by atoms with Crippen molar-refractivity contribution >= 4 is 96.3 Å². The molecule has 3 unspecified atom stereocenters. The SMILES string of the molecule is CNC(=O)C(CCSC)NC.CNC(=O)C(CC[S+](C)CC(=O)NCCNc1ccc([N+](=O)[O-])cc1[N+](=O)[O-])NC.O=C(CBr)NCCNc1ccc([N+](=O)[O-])cc1[N+](=O)[O-]. The Morgan fingerprint density at radius 3 is 1.46 bits per heavy atom. The Kier molecular flexibility index (Phi) is 28.7. The molecule has 0 bridgehead atoms. The van der Waals surface area contributed by atoms with Crippen LogP contribution in [0, 0.1) is 40.5 Å². The smallest absolute Gasteiger partial charge is 0.299 e. The molecule has 0 spiro atoms. The molecule has 4 amide bonds. The first-order valence-corrected chi connectivity index (χ1v) is 22.7. The summed E-state index contributed by atoms with van der Waals surface area (Å²) < 4.78 is 0. The zero-order valence-corrected chi connectivity index (χ0v) is 37.8. The number of alkyl halides is 1. The van der Waals surface area contributed by atoms with Crippen LogP contribution >= 0.6 is 27.7 Å². The monoisotopic (exact) mass is 965 g/mol. The van der Waals surface area contributed by atoms with E-state index in [1.807, 2.05) is 12.5 Å². The third-order valence-corrected chi connectivity index (χ3v) is 10.8. The third kappa shape index (κ3) is 22.7. The Labute approximate surface area is 367 Å². The number of thioether (sulfide) groups is 1. The van der Waals surface area contributed by atoms with Gasteiger partial charge in [-0.15, -0.1) is 0 Å². The van der Waals surface area contributed by atoms with Gasteiger partial charge in [0.25, 0.3) is 28.7 Å². The molecule has 24 nitrogen and oxygen atoms in total. The van der Waals surface area contributed by atoms with Crippen LogP contribution < -0.4 is 42.5 Å². The number of nitro groups is 4. The fourth-order valence-electron chi connectivity index (χ4n) is 4.78. The van der Waals surface area contributed by atoms with Crippen molar-refractivity contribution < 1.29 is 38.9 Å². The van der Waals surface area contributed by atoms with Gasteiger partial charge in [0.05, 0.1) is 55.5 Å². The van der Waals surface area contributed by atoms with Gasteiger partial charge in [-0.05, 0) is 55.6 Å². The molecule has 340 valence electrons. The molecule has 0 fully saturated rings. The summed E-state index contributed by atoms with van der Waals surface area (Å²) >= 11 is 4.73. The van der Waals surface area contributed by atoms with Crippen LogP contribution in [0.1, 0.15) is 12.8 Å². The molecule has 27 heteroatoms. The molecule has 0 aromatic heterocycles. The van der Waals surface area contributed by atoms with E-state index in [4.69, 9.17) is 0 Å². The highest BCUT2D eigenvalue weighted by Crippen LogP contribution is 2.29. The van der Waals surface area contributed by atoms with Crippen LogP contribution in [0.3, 0.4) is 0 Å². The maximum Gasteiger partial charge on any atom is 0.299 e. The summed E-state index contributed by atoms with van der Waals surface area (Å²) in [4.78, 5) is 86.2. The number of rotatable bonds is 25. The predicted molar refractivity (Wildman–Crippen MR) is 241 cm³/mol. The minimum Gasteiger partial charge on any atom is -0.378 e. The van der Waals surface area contributed by atoms with E-state index in [0.29, 0.717) is 12.2 Å². The molecule has 61 heavy (non-hydrogen) atoms. The maximum absolute atomic E-state index is 12.1. The molecular formula is C34H54BrN12O12S2+. The van der Waals surface area contributed by atoms with Crippen LogP contribution in [-0.4, -0.2) is 145 Å². The van der Waals surface area contributed by atoms with Crippen molar-refractivity contribution in [1.29, 1.82) is 0 Å². The Hall–Kier alpha value is -5.38. The first-order chi connectivity index (χ1) is 28.9. The van der Waals surface area contributed by atoms with E-state index in [-0.39, 0.29) is 107 Å². The van der Waals surface area contributed by atoms with Gasteiger partial charge in [0.15, 0.2) is 5.75 Å². The fraction of sp³-hybridized carbons (Fsp3) is 0.529. The Morgan fingerprint density at radius 2 is 1.10 bits per heavy atom. The van der Waals surface area contributed by atoms with Crippen LogP contribution in [0.25, 0.3) is 0 Å². The number of likely N-dealkylation sites (N-methyl/N-ethyl adjacent to an activating group) is 4. The number of non-ortho nitro benzene ring substituents is 2. The summed E-state index contributed by atoms with van der Waals surface area (Å²) in [5, 5.41) is 65.4. The van der Waals surface area contributed by atoms with Gasteiger partial charge in [-0.1, -0.05) is 15.9 Å². The molecule has 3 atom stereocenters. The van der Waals surface area contributed by atoms with Gasteiger partial charge in [-0.25, -0.2) is 0 Å². The number of carbonyl (C=O) groups excluding carboxylic acids is 4. The van der Waals surface area contributed by atoms with Crippen molar-refractivity contribution in [1.82, 2.24) is 31.9 Å². The van der Waals surface area contributed by atoms with Gasteiger partial charge >= 0.3 is 0 Å². The summed E-state index contributed by atoms with van der Waals surface area (Å²) in [5.74, 6) is 1.68. The van der Waals surface area contributed by atoms with E-state index in [0.717, 1.165) is 30.1 Å². The zero-order valence-electron chi connectivity index (χ0n) is 34.6. The topological polar surface area (TPSA) is 337 Å². The molecule has 8 N–H and O–H groups in total. The molecule has 0 aliphatic carbocycles. The van der Waals surface area contributed by atoms with Crippen LogP contribution in [0.4, 0.5) is 34.1 Å². The van der Waals surface area contributed by atoms with E-state index >= 15 is 0 Å². The minimum atomic E-state index is -0.702. The molecule has 0 aliphatic rings. The number of hydrogen-bond acceptors (Lipinski definition) is 17. The lowest BCUT2D eigenvalue weighted by Crippen LogP contribution is -2.42. The van der Waals surface area contributed by atoms with Gasteiger partial charge in [-0.3, -0.25) is 59.6 Å². The molecule has 0 radical (unpaired) electrons. The molecule has 0 saturated carbocycles. The number of anilines is 2. The Bertz CT molecular complexity index is 1780. The molecule has 0 saturated heterocycles. The van der Waals surface area contributed by atoms with Crippen molar-refractivity contribution in [3.63, 3.8) is 0 Å². The molecule has 2 rings (SSSR count). The molecule has 0 aliphatic heterocycles. The lowest BCUT2D eigenvalue weighted by molar-refractivity contribution is -0.393. The molecule has 0 heterocycles. The normalized spacial score (nSPS) is 11.7. The first kappa shape index (κ1) is 55.6. The summed E-state index contributed by atoms with van der Waals surface area (Å²) in [6, 6.07) is 6.33. The van der Waals surface area contributed by atoms with E-state index in [9.17, 15) is 59.6 Å². The number of hydrogen-bond donors (Lipinski definition) is 8. The number of nitrogens with zero attached hydrogens (tertiary/aromatic N) is 4. The summed E-state index contributed by atoms with van der Waals surface area (Å²) in [6.07, 6.45) is 5.50. The van der Waals surface area contributed by atoms with Crippen molar-refractivity contribution in [3.05, 3.63) is 76.9 Å². The summed E-state index contributed by atoms with van der Waals surface area (Å²) in [5.41, 5.74) is -1.20. The fourth-order valence-corrected chi connectivity index (χ4v) is 6.78. The first-order valence-electron chi connectivity index (χ1n) is 18.2. The van der Waals surface area contributed by atoms with Crippen LogP contribution in [-0.2, 0) is 30.1 Å². The minimum absolute atomic E-state index is 0.0348. The number of nitrogens with one attached hydrogen (secondary N) is 8. The van der Waals surface area contributed by atoms with E-state index < -0.39 is 25.4 Å². The van der Waals surface area contributed by atoms with Gasteiger partial charge in [0, 0.05) is 58.8 Å². The average molecular weight is 967 g/mol. The maximum atomic E-state index is 12.1. The van der Waals surface area contributed by atoms with E-state index in [1.54, 1.807) is 40.0 Å². The number of carbonyl (C=O) groups is 4. The second kappa shape index (κ2) is 31.5. The van der Waals surface area contributed by atoms with Gasteiger partial charge in [-0.2, -0.15) is 11.8 Å². The van der Waals surface area contributed by atoms with Crippen molar-refractivity contribution in [2.75, 3.05) is 100 Å². The molecule has 2 aromatic carbocycles. The summed E-state index contributed by atoms with van der Waals surface area (Å²) in [7, 11) is 6.54. The van der Waals surface area contributed by atoms with E-state index in [2.05, 4.69) is 58.5 Å². The van der Waals surface area contributed by atoms with Crippen molar-refractivity contribution in [2.45, 2.75) is 24.9 Å². The summed E-state index contributed by atoms with van der Waals surface area (Å²) in [6.45, 7) is 0.998. The van der Waals surface area contributed by atoms with Crippen LogP contribution in [0.5, 0.6) is 0 Å². The highest BCUT2D eigenvalue weighted by atomic mass is 79.9. The van der Waals surface area contributed by atoms with Gasteiger partial charge < -0.3 is 42.5 Å². The second-order valence-corrected chi connectivity index (χ2v) is 16.0. The number of halogens is 1. The lowest BCUT2D eigenvalue weighted by Gasteiger charge is -2.13. The predicted octanol–water partition coefficient (Wildman–Crippen LogP) is 1.50. The van der Waals surface area contributed by atoms with E-state index in [1.165, 1.54) is 24.3 Å². The quantitative estimate of drug-likeness (QED) is 0.0230. The second-order valence-electron chi connectivity index (χ2n) is 12.2. The average Bonchev–Trinajstić information content (AvgIpc) is 3.24. The molecule has 2 aromatic rings. The van der Waals surface area contributed by atoms with Gasteiger partial charge in [0.2, 0.25) is 17.7 Å². The highest BCUT2D eigenvalue weighted by Gasteiger charge is 2.23. The number of nitro benzene ring substituents is 4. The third-order valence-electron chi connectivity index (χ3n) is 7.99. The number of benzene rings is 2. The number of amides is 4. The van der Waals surface area contributed by atoms with Gasteiger partial charge in [0.1, 0.15) is 17.1 Å². The zero-order chi connectivity index (χ0) is 46.5. The molecular weight excluding hydrogens is 912 g/mol. The Morgan fingerprint density at radius 1 is 0.672 bits per heavy atom.